The summed E-state index contributed by atoms with van der Waals surface area (Å²) >= 11 is 0. The third-order valence-electron chi connectivity index (χ3n) is 4.31. The lowest BCUT2D eigenvalue weighted by Crippen LogP contribution is -2.59. The van der Waals surface area contributed by atoms with Gasteiger partial charge in [-0.1, -0.05) is 0 Å². The summed E-state index contributed by atoms with van der Waals surface area (Å²) in [7, 11) is 1.61. The van der Waals surface area contributed by atoms with Crippen molar-refractivity contribution in [2.75, 3.05) is 20.3 Å². The van der Waals surface area contributed by atoms with Gasteiger partial charge >= 0.3 is 5.97 Å². The molecule has 6 nitrogen and oxygen atoms in total. The molecule has 19 heavy (non-hydrogen) atoms. The molecule has 2 aliphatic rings. The van der Waals surface area contributed by atoms with Gasteiger partial charge in [0.2, 0.25) is 5.91 Å². The quantitative estimate of drug-likeness (QED) is 0.768. The predicted octanol–water partition coefficient (Wildman–Crippen LogP) is 0.696. The molecule has 2 fully saturated rings. The second-order valence-electron chi connectivity index (χ2n) is 5.47. The number of methoxy groups -OCH3 is 1. The number of carbonyl (C=O) groups excluding carboxylic acids is 1. The van der Waals surface area contributed by atoms with E-state index in [0.29, 0.717) is 26.1 Å². The average Bonchev–Trinajstić information content (AvgIpc) is 2.35. The van der Waals surface area contributed by atoms with Gasteiger partial charge in [0.25, 0.3) is 0 Å². The fourth-order valence-corrected chi connectivity index (χ4v) is 2.74. The maximum absolute atomic E-state index is 12.1. The second-order valence-corrected chi connectivity index (χ2v) is 5.47. The molecule has 6 heteroatoms. The number of aliphatic carboxylic acids is 1. The Morgan fingerprint density at radius 2 is 1.89 bits per heavy atom. The van der Waals surface area contributed by atoms with Crippen LogP contribution in [-0.2, 0) is 19.1 Å². The van der Waals surface area contributed by atoms with Gasteiger partial charge in [0.05, 0.1) is 12.0 Å². The Balaban J connectivity index is 1.97. The SMILES string of the molecule is COC1(CC(=O)NC2(C(=O)O)CCOCC2)CCC1. The lowest BCUT2D eigenvalue weighted by molar-refractivity contribution is -0.154. The van der Waals surface area contributed by atoms with E-state index in [4.69, 9.17) is 9.47 Å². The van der Waals surface area contributed by atoms with Crippen LogP contribution >= 0.6 is 0 Å². The molecule has 1 aliphatic heterocycles. The minimum Gasteiger partial charge on any atom is -0.480 e. The van der Waals surface area contributed by atoms with Crippen LogP contribution in [0.4, 0.5) is 0 Å². The first-order chi connectivity index (χ1) is 9.02. The van der Waals surface area contributed by atoms with E-state index in [1.165, 1.54) is 0 Å². The molecule has 0 aromatic heterocycles. The molecular formula is C13H21NO5. The van der Waals surface area contributed by atoms with Gasteiger partial charge in [-0.2, -0.15) is 0 Å². The van der Waals surface area contributed by atoms with Crippen molar-refractivity contribution in [2.24, 2.45) is 0 Å². The van der Waals surface area contributed by atoms with Gasteiger partial charge in [-0.05, 0) is 19.3 Å². The van der Waals surface area contributed by atoms with E-state index in [1.54, 1.807) is 7.11 Å². The molecule has 0 atom stereocenters. The standard InChI is InChI=1S/C13H21NO5/c1-18-12(3-2-4-12)9-10(15)14-13(11(16)17)5-7-19-8-6-13/h2-9H2,1H3,(H,14,15)(H,16,17). The Morgan fingerprint density at radius 3 is 2.32 bits per heavy atom. The van der Waals surface area contributed by atoms with E-state index in [0.717, 1.165) is 19.3 Å². The van der Waals surface area contributed by atoms with Crippen LogP contribution in [0, 0.1) is 0 Å². The van der Waals surface area contributed by atoms with Crippen molar-refractivity contribution in [1.29, 1.82) is 0 Å². The predicted molar refractivity (Wildman–Crippen MR) is 66.8 cm³/mol. The molecule has 0 bridgehead atoms. The van der Waals surface area contributed by atoms with Crippen molar-refractivity contribution < 1.29 is 24.2 Å². The highest BCUT2D eigenvalue weighted by atomic mass is 16.5. The number of amides is 1. The van der Waals surface area contributed by atoms with E-state index in [2.05, 4.69) is 5.32 Å². The number of nitrogens with one attached hydrogen (secondary N) is 1. The zero-order valence-corrected chi connectivity index (χ0v) is 11.2. The third kappa shape index (κ3) is 2.90. The zero-order valence-electron chi connectivity index (χ0n) is 11.2. The topological polar surface area (TPSA) is 84.9 Å². The fourth-order valence-electron chi connectivity index (χ4n) is 2.74. The highest BCUT2D eigenvalue weighted by Crippen LogP contribution is 2.38. The molecule has 1 saturated heterocycles. The number of hydrogen-bond acceptors (Lipinski definition) is 4. The molecule has 0 unspecified atom stereocenters. The van der Waals surface area contributed by atoms with E-state index >= 15 is 0 Å². The maximum Gasteiger partial charge on any atom is 0.329 e. The Kier molecular flexibility index (Phi) is 4.10. The van der Waals surface area contributed by atoms with Crippen molar-refractivity contribution in [3.05, 3.63) is 0 Å². The minimum atomic E-state index is -1.17. The lowest BCUT2D eigenvalue weighted by atomic mass is 9.77. The lowest BCUT2D eigenvalue weighted by Gasteiger charge is -2.41. The van der Waals surface area contributed by atoms with Crippen LogP contribution in [0.15, 0.2) is 0 Å². The molecule has 1 heterocycles. The monoisotopic (exact) mass is 271 g/mol. The van der Waals surface area contributed by atoms with Gasteiger partial charge < -0.3 is 19.9 Å². The molecule has 2 rings (SSSR count). The Hall–Kier alpha value is -1.14. The Morgan fingerprint density at radius 1 is 1.26 bits per heavy atom. The van der Waals surface area contributed by atoms with Crippen LogP contribution in [0.2, 0.25) is 0 Å². The number of rotatable bonds is 5. The molecule has 2 N–H and O–H groups in total. The van der Waals surface area contributed by atoms with E-state index in [9.17, 15) is 14.7 Å². The van der Waals surface area contributed by atoms with Gasteiger partial charge in [0, 0.05) is 33.2 Å². The number of carboxylic acids is 1. The van der Waals surface area contributed by atoms with Crippen molar-refractivity contribution >= 4 is 11.9 Å². The van der Waals surface area contributed by atoms with E-state index in [1.807, 2.05) is 0 Å². The normalized spacial score (nSPS) is 24.3. The summed E-state index contributed by atoms with van der Waals surface area (Å²) in [5.41, 5.74) is -1.55. The fraction of sp³-hybridized carbons (Fsp3) is 0.846. The molecular weight excluding hydrogens is 250 g/mol. The van der Waals surface area contributed by atoms with Crippen molar-refractivity contribution in [2.45, 2.75) is 49.7 Å². The summed E-state index contributed by atoms with van der Waals surface area (Å²) in [5.74, 6) is -1.23. The first-order valence-corrected chi connectivity index (χ1v) is 6.69. The Bertz CT molecular complexity index is 353. The van der Waals surface area contributed by atoms with Crippen LogP contribution in [0.25, 0.3) is 0 Å². The van der Waals surface area contributed by atoms with Crippen LogP contribution in [0.3, 0.4) is 0 Å². The molecule has 1 saturated carbocycles. The van der Waals surface area contributed by atoms with Crippen LogP contribution in [0.5, 0.6) is 0 Å². The van der Waals surface area contributed by atoms with Crippen molar-refractivity contribution in [1.82, 2.24) is 5.32 Å². The highest BCUT2D eigenvalue weighted by Gasteiger charge is 2.44. The van der Waals surface area contributed by atoms with Crippen molar-refractivity contribution in [3.8, 4) is 0 Å². The molecule has 0 radical (unpaired) electrons. The zero-order chi connectivity index (χ0) is 13.9. The van der Waals surface area contributed by atoms with Gasteiger partial charge in [-0.15, -0.1) is 0 Å². The smallest absolute Gasteiger partial charge is 0.329 e. The molecule has 0 aromatic rings. The Labute approximate surface area is 112 Å². The maximum atomic E-state index is 12.1. The summed E-state index contributed by atoms with van der Waals surface area (Å²) < 4.78 is 10.6. The molecule has 0 aromatic carbocycles. The van der Waals surface area contributed by atoms with Gasteiger partial charge in [0.1, 0.15) is 5.54 Å². The van der Waals surface area contributed by atoms with E-state index in [-0.39, 0.29) is 17.9 Å². The van der Waals surface area contributed by atoms with Crippen molar-refractivity contribution in [3.63, 3.8) is 0 Å². The first kappa shape index (κ1) is 14.3. The molecule has 0 spiro atoms. The second kappa shape index (κ2) is 5.46. The van der Waals surface area contributed by atoms with Gasteiger partial charge in [0.15, 0.2) is 0 Å². The van der Waals surface area contributed by atoms with Crippen LogP contribution < -0.4 is 5.32 Å². The molecule has 1 amide bonds. The minimum absolute atomic E-state index is 0.236. The number of hydrogen-bond donors (Lipinski definition) is 2. The third-order valence-corrected chi connectivity index (χ3v) is 4.31. The van der Waals surface area contributed by atoms with Gasteiger partial charge in [-0.3, -0.25) is 4.79 Å². The number of carbonyl (C=O) groups is 2. The highest BCUT2D eigenvalue weighted by molar-refractivity contribution is 5.87. The summed E-state index contributed by atoms with van der Waals surface area (Å²) in [4.78, 5) is 23.5. The molecule has 108 valence electrons. The largest absolute Gasteiger partial charge is 0.480 e. The van der Waals surface area contributed by atoms with Crippen LogP contribution in [-0.4, -0.2) is 48.4 Å². The summed E-state index contributed by atoms with van der Waals surface area (Å²) in [5, 5.41) is 12.1. The molecule has 1 aliphatic carbocycles. The van der Waals surface area contributed by atoms with Gasteiger partial charge in [-0.25, -0.2) is 4.79 Å². The number of ether oxygens (including phenoxy) is 2. The average molecular weight is 271 g/mol. The summed E-state index contributed by atoms with van der Waals surface area (Å²) in [6.45, 7) is 0.726. The first-order valence-electron chi connectivity index (χ1n) is 6.69. The van der Waals surface area contributed by atoms with E-state index < -0.39 is 11.5 Å². The summed E-state index contributed by atoms with van der Waals surface area (Å²) in [6.07, 6.45) is 3.64. The number of carboxylic acid groups (broad SMARTS) is 1. The summed E-state index contributed by atoms with van der Waals surface area (Å²) in [6, 6.07) is 0. The van der Waals surface area contributed by atoms with Crippen LogP contribution in [0.1, 0.15) is 38.5 Å².